The molecule has 0 spiro atoms. The van der Waals surface area contributed by atoms with Gasteiger partial charge in [-0.05, 0) is 25.3 Å². The molecule has 0 aliphatic rings. The molecule has 1 rings (SSSR count). The average Bonchev–Trinajstić information content (AvgIpc) is 2.63. The summed E-state index contributed by atoms with van der Waals surface area (Å²) in [5, 5.41) is 7.68. The highest BCUT2D eigenvalue weighted by Crippen LogP contribution is 2.25. The van der Waals surface area contributed by atoms with Gasteiger partial charge in [-0.25, -0.2) is 4.99 Å². The summed E-state index contributed by atoms with van der Waals surface area (Å²) < 4.78 is 1.85. The Balaban J connectivity index is 0.00000400. The Morgan fingerprint density at radius 2 is 2.00 bits per heavy atom. The summed E-state index contributed by atoms with van der Waals surface area (Å²) in [6.07, 6.45) is 1.12. The van der Waals surface area contributed by atoms with Gasteiger partial charge in [0.15, 0.2) is 5.96 Å². The van der Waals surface area contributed by atoms with E-state index in [2.05, 4.69) is 36.4 Å². The minimum atomic E-state index is 0. The van der Waals surface area contributed by atoms with E-state index >= 15 is 0 Å². The Kier molecular flexibility index (Phi) is 10.5. The Bertz CT molecular complexity index is 458. The van der Waals surface area contributed by atoms with Gasteiger partial charge in [-0.1, -0.05) is 37.0 Å². The summed E-state index contributed by atoms with van der Waals surface area (Å²) in [6, 6.07) is 1.85. The first-order valence-corrected chi connectivity index (χ1v) is 7.73. The summed E-state index contributed by atoms with van der Waals surface area (Å²) in [5.74, 6) is 1.50. The van der Waals surface area contributed by atoms with Crippen LogP contribution in [0, 0.1) is 5.92 Å². The van der Waals surface area contributed by atoms with Gasteiger partial charge in [-0.3, -0.25) is 0 Å². The molecule has 7 heteroatoms. The first-order valence-electron chi connectivity index (χ1n) is 6.97. The fourth-order valence-corrected chi connectivity index (χ4v) is 2.14. The third kappa shape index (κ3) is 7.10. The zero-order valence-corrected chi connectivity index (χ0v) is 16.9. The van der Waals surface area contributed by atoms with Gasteiger partial charge in [0.05, 0.1) is 11.6 Å². The average molecular weight is 447 g/mol. The van der Waals surface area contributed by atoms with E-state index < -0.39 is 0 Å². The Labute approximate surface area is 154 Å². The number of aliphatic imine (C=N–C) groups is 1. The Hall–Kier alpha value is -0.140. The predicted molar refractivity (Wildman–Crippen MR) is 103 cm³/mol. The standard InChI is InChI=1S/C14H24Cl2N4.HI/c1-5-17-14(18-7-6-10(2)3)19-9-11-8-12(15)13(16)20(11)4;/h8,10H,5-7,9H2,1-4H3,(H2,17,18,19);1H. The van der Waals surface area contributed by atoms with E-state index in [0.717, 1.165) is 31.2 Å². The number of guanidine groups is 1. The van der Waals surface area contributed by atoms with Crippen LogP contribution in [0.25, 0.3) is 0 Å². The number of rotatable bonds is 6. The van der Waals surface area contributed by atoms with E-state index in [1.54, 1.807) is 0 Å². The maximum Gasteiger partial charge on any atom is 0.191 e. The second-order valence-electron chi connectivity index (χ2n) is 5.14. The Morgan fingerprint density at radius 1 is 1.33 bits per heavy atom. The lowest BCUT2D eigenvalue weighted by molar-refractivity contribution is 0.573. The van der Waals surface area contributed by atoms with Crippen molar-refractivity contribution in [2.24, 2.45) is 18.0 Å². The highest BCUT2D eigenvalue weighted by molar-refractivity contribution is 14.0. The van der Waals surface area contributed by atoms with Gasteiger partial charge >= 0.3 is 0 Å². The smallest absolute Gasteiger partial charge is 0.191 e. The SMILES string of the molecule is CCNC(=NCc1cc(Cl)c(Cl)n1C)NCCC(C)C.I. The fraction of sp³-hybridized carbons (Fsp3) is 0.643. The van der Waals surface area contributed by atoms with Crippen LogP contribution in [-0.2, 0) is 13.6 Å². The third-order valence-electron chi connectivity index (χ3n) is 2.97. The van der Waals surface area contributed by atoms with Crippen LogP contribution in [0.1, 0.15) is 32.9 Å². The molecule has 0 atom stereocenters. The molecule has 0 fully saturated rings. The van der Waals surface area contributed by atoms with Gasteiger partial charge < -0.3 is 15.2 Å². The first kappa shape index (κ1) is 20.9. The molecule has 122 valence electrons. The molecule has 0 aromatic carbocycles. The van der Waals surface area contributed by atoms with Crippen molar-refractivity contribution in [3.8, 4) is 0 Å². The van der Waals surface area contributed by atoms with Crippen LogP contribution in [0.2, 0.25) is 10.2 Å². The van der Waals surface area contributed by atoms with Crippen LogP contribution >= 0.6 is 47.2 Å². The van der Waals surface area contributed by atoms with Crippen molar-refractivity contribution >= 4 is 53.1 Å². The molecule has 2 N–H and O–H groups in total. The number of nitrogens with zero attached hydrogens (tertiary/aromatic N) is 2. The highest BCUT2D eigenvalue weighted by Gasteiger charge is 2.08. The molecule has 0 aliphatic carbocycles. The zero-order valence-electron chi connectivity index (χ0n) is 13.0. The van der Waals surface area contributed by atoms with E-state index in [9.17, 15) is 0 Å². The minimum Gasteiger partial charge on any atom is -0.357 e. The highest BCUT2D eigenvalue weighted by atomic mass is 127. The van der Waals surface area contributed by atoms with Crippen LogP contribution in [-0.4, -0.2) is 23.6 Å². The maximum atomic E-state index is 6.04. The van der Waals surface area contributed by atoms with Crippen molar-refractivity contribution in [3.63, 3.8) is 0 Å². The van der Waals surface area contributed by atoms with Gasteiger partial charge in [-0.15, -0.1) is 24.0 Å². The van der Waals surface area contributed by atoms with Crippen molar-refractivity contribution in [1.82, 2.24) is 15.2 Å². The van der Waals surface area contributed by atoms with Crippen LogP contribution in [0.3, 0.4) is 0 Å². The molecule has 0 unspecified atom stereocenters. The molecular weight excluding hydrogens is 422 g/mol. The number of hydrogen-bond acceptors (Lipinski definition) is 1. The molecule has 1 heterocycles. The molecule has 0 bridgehead atoms. The second-order valence-corrected chi connectivity index (χ2v) is 5.90. The van der Waals surface area contributed by atoms with Crippen molar-refractivity contribution in [3.05, 3.63) is 21.9 Å². The van der Waals surface area contributed by atoms with Crippen LogP contribution < -0.4 is 10.6 Å². The third-order valence-corrected chi connectivity index (χ3v) is 3.82. The van der Waals surface area contributed by atoms with Crippen molar-refractivity contribution < 1.29 is 0 Å². The molecule has 1 aromatic heterocycles. The Morgan fingerprint density at radius 3 is 2.48 bits per heavy atom. The van der Waals surface area contributed by atoms with Crippen LogP contribution in [0.15, 0.2) is 11.1 Å². The summed E-state index contributed by atoms with van der Waals surface area (Å²) >= 11 is 12.0. The zero-order chi connectivity index (χ0) is 15.1. The second kappa shape index (κ2) is 10.6. The molecule has 4 nitrogen and oxygen atoms in total. The quantitative estimate of drug-likeness (QED) is 0.393. The predicted octanol–water partition coefficient (Wildman–Crippen LogP) is 4.05. The molecule has 1 aromatic rings. The van der Waals surface area contributed by atoms with Crippen molar-refractivity contribution in [2.45, 2.75) is 33.7 Å². The van der Waals surface area contributed by atoms with Crippen LogP contribution in [0.5, 0.6) is 0 Å². The van der Waals surface area contributed by atoms with E-state index in [4.69, 9.17) is 23.2 Å². The summed E-state index contributed by atoms with van der Waals surface area (Å²) in [7, 11) is 1.89. The number of aromatic nitrogens is 1. The lowest BCUT2D eigenvalue weighted by atomic mass is 10.1. The van der Waals surface area contributed by atoms with E-state index in [1.807, 2.05) is 17.7 Å². The molecular formula is C14H25Cl2IN4. The van der Waals surface area contributed by atoms with Gasteiger partial charge in [-0.2, -0.15) is 0 Å². The summed E-state index contributed by atoms with van der Waals surface area (Å²) in [4.78, 5) is 4.55. The maximum absolute atomic E-state index is 6.04. The topological polar surface area (TPSA) is 41.4 Å². The van der Waals surface area contributed by atoms with Gasteiger partial charge in [0.25, 0.3) is 0 Å². The lowest BCUT2D eigenvalue weighted by Crippen LogP contribution is -2.38. The van der Waals surface area contributed by atoms with Gasteiger partial charge in [0, 0.05) is 25.8 Å². The molecule has 21 heavy (non-hydrogen) atoms. The summed E-state index contributed by atoms with van der Waals surface area (Å²) in [6.45, 7) is 8.76. The lowest BCUT2D eigenvalue weighted by Gasteiger charge is -2.12. The minimum absolute atomic E-state index is 0. The molecule has 0 saturated carbocycles. The van der Waals surface area contributed by atoms with E-state index in [-0.39, 0.29) is 24.0 Å². The van der Waals surface area contributed by atoms with E-state index in [1.165, 1.54) is 0 Å². The first-order chi connectivity index (χ1) is 9.45. The van der Waals surface area contributed by atoms with Crippen molar-refractivity contribution in [1.29, 1.82) is 0 Å². The van der Waals surface area contributed by atoms with Crippen LogP contribution in [0.4, 0.5) is 0 Å². The fourth-order valence-electron chi connectivity index (χ4n) is 1.72. The normalized spacial score (nSPS) is 11.5. The van der Waals surface area contributed by atoms with Crippen molar-refractivity contribution in [2.75, 3.05) is 13.1 Å². The van der Waals surface area contributed by atoms with E-state index in [0.29, 0.717) is 22.6 Å². The van der Waals surface area contributed by atoms with Gasteiger partial charge in [0.1, 0.15) is 5.15 Å². The largest absolute Gasteiger partial charge is 0.357 e. The molecule has 0 saturated heterocycles. The molecule has 0 amide bonds. The number of nitrogens with one attached hydrogen (secondary N) is 2. The summed E-state index contributed by atoms with van der Waals surface area (Å²) in [5.41, 5.74) is 0.987. The van der Waals surface area contributed by atoms with Gasteiger partial charge in [0.2, 0.25) is 0 Å². The molecule has 0 radical (unpaired) electrons. The monoisotopic (exact) mass is 446 g/mol. The molecule has 0 aliphatic heterocycles. The number of halogens is 3. The number of hydrogen-bond donors (Lipinski definition) is 2.